The molecule has 5 atom stereocenters. The highest BCUT2D eigenvalue weighted by Gasteiger charge is 2.56. The number of carbonyl (C=O) groups is 2. The zero-order chi connectivity index (χ0) is 13.9. The SMILES string of the molecule is O=C1C2=NC3CCCCC3C(=O)N2C2C(F)CCCC12. The molecule has 0 radical (unpaired) electrons. The van der Waals surface area contributed by atoms with Crippen LogP contribution in [0.15, 0.2) is 4.99 Å². The van der Waals surface area contributed by atoms with E-state index in [-0.39, 0.29) is 35.4 Å². The third-order valence-electron chi connectivity index (χ3n) is 5.43. The second-order valence-corrected chi connectivity index (χ2v) is 6.53. The van der Waals surface area contributed by atoms with Gasteiger partial charge in [0.2, 0.25) is 11.7 Å². The third kappa shape index (κ3) is 1.55. The van der Waals surface area contributed by atoms with Crippen molar-refractivity contribution in [1.82, 2.24) is 4.90 Å². The highest BCUT2D eigenvalue weighted by atomic mass is 19.1. The lowest BCUT2D eigenvalue weighted by Gasteiger charge is -2.39. The Morgan fingerprint density at radius 1 is 1.00 bits per heavy atom. The van der Waals surface area contributed by atoms with Crippen LogP contribution in [0.2, 0.25) is 0 Å². The predicted molar refractivity (Wildman–Crippen MR) is 71.1 cm³/mol. The van der Waals surface area contributed by atoms with Crippen molar-refractivity contribution < 1.29 is 14.0 Å². The van der Waals surface area contributed by atoms with Crippen LogP contribution in [0.1, 0.15) is 44.9 Å². The van der Waals surface area contributed by atoms with Gasteiger partial charge in [0, 0.05) is 5.92 Å². The van der Waals surface area contributed by atoms with Crippen LogP contribution in [-0.4, -0.2) is 40.7 Å². The average Bonchev–Trinajstić information content (AvgIpc) is 2.75. The Hall–Kier alpha value is -1.26. The van der Waals surface area contributed by atoms with E-state index < -0.39 is 12.2 Å². The second-order valence-electron chi connectivity index (χ2n) is 6.53. The molecule has 0 aromatic carbocycles. The monoisotopic (exact) mass is 278 g/mol. The lowest BCUT2D eigenvalue weighted by molar-refractivity contribution is -0.137. The number of alkyl halides is 1. The van der Waals surface area contributed by atoms with Gasteiger partial charge in [0.1, 0.15) is 6.17 Å². The number of carbonyl (C=O) groups excluding carboxylic acids is 2. The molecule has 108 valence electrons. The minimum atomic E-state index is -1.07. The van der Waals surface area contributed by atoms with Gasteiger partial charge in [-0.05, 0) is 32.1 Å². The Labute approximate surface area is 117 Å². The van der Waals surface area contributed by atoms with Gasteiger partial charge in [-0.3, -0.25) is 19.5 Å². The number of rotatable bonds is 0. The number of aliphatic imine (C=N–C) groups is 1. The molecule has 4 aliphatic rings. The first-order chi connectivity index (χ1) is 9.68. The summed E-state index contributed by atoms with van der Waals surface area (Å²) >= 11 is 0. The van der Waals surface area contributed by atoms with Gasteiger partial charge in [-0.25, -0.2) is 4.39 Å². The molecule has 3 fully saturated rings. The molecular formula is C15H19FN2O2. The third-order valence-corrected chi connectivity index (χ3v) is 5.43. The van der Waals surface area contributed by atoms with Crippen molar-refractivity contribution in [3.8, 4) is 0 Å². The molecule has 1 amide bonds. The standard InChI is InChI=1S/C15H19FN2O2/c16-10-6-3-5-9-12(10)18-14(13(9)19)17-11-7-2-1-4-8(11)15(18)20/h8-12H,1-7H2. The summed E-state index contributed by atoms with van der Waals surface area (Å²) in [6.45, 7) is 0. The first-order valence-electron chi connectivity index (χ1n) is 7.77. The van der Waals surface area contributed by atoms with Crippen molar-refractivity contribution in [2.24, 2.45) is 16.8 Å². The first-order valence-corrected chi connectivity index (χ1v) is 7.77. The fourth-order valence-electron chi connectivity index (χ4n) is 4.45. The molecule has 4 nitrogen and oxygen atoms in total. The lowest BCUT2D eigenvalue weighted by atomic mass is 9.81. The fraction of sp³-hybridized carbons (Fsp3) is 0.800. The molecule has 20 heavy (non-hydrogen) atoms. The lowest BCUT2D eigenvalue weighted by Crippen LogP contribution is -2.54. The van der Waals surface area contributed by atoms with Gasteiger partial charge in [-0.2, -0.15) is 0 Å². The molecule has 0 spiro atoms. The van der Waals surface area contributed by atoms with Crippen molar-refractivity contribution in [3.63, 3.8) is 0 Å². The van der Waals surface area contributed by atoms with E-state index in [0.717, 1.165) is 32.1 Å². The summed E-state index contributed by atoms with van der Waals surface area (Å²) in [5, 5.41) is 0. The van der Waals surface area contributed by atoms with E-state index in [0.29, 0.717) is 12.8 Å². The van der Waals surface area contributed by atoms with E-state index in [1.165, 1.54) is 4.90 Å². The van der Waals surface area contributed by atoms with Crippen LogP contribution < -0.4 is 0 Å². The maximum absolute atomic E-state index is 14.3. The Kier molecular flexibility index (Phi) is 2.72. The molecule has 0 aromatic heterocycles. The molecule has 2 saturated carbocycles. The van der Waals surface area contributed by atoms with Crippen molar-refractivity contribution in [2.75, 3.05) is 0 Å². The van der Waals surface area contributed by atoms with Crippen molar-refractivity contribution in [3.05, 3.63) is 0 Å². The van der Waals surface area contributed by atoms with Gasteiger partial charge in [0.25, 0.3) is 0 Å². The minimum absolute atomic E-state index is 0.0369. The van der Waals surface area contributed by atoms with Crippen LogP contribution in [0.25, 0.3) is 0 Å². The van der Waals surface area contributed by atoms with Gasteiger partial charge in [-0.1, -0.05) is 12.8 Å². The van der Waals surface area contributed by atoms with Gasteiger partial charge < -0.3 is 0 Å². The van der Waals surface area contributed by atoms with E-state index in [2.05, 4.69) is 4.99 Å². The molecule has 0 N–H and O–H groups in total. The normalized spacial score (nSPS) is 43.8. The Bertz CT molecular complexity index is 504. The maximum Gasteiger partial charge on any atom is 0.233 e. The van der Waals surface area contributed by atoms with Gasteiger partial charge in [-0.15, -0.1) is 0 Å². The smallest absolute Gasteiger partial charge is 0.233 e. The van der Waals surface area contributed by atoms with E-state index in [1.807, 2.05) is 0 Å². The fourth-order valence-corrected chi connectivity index (χ4v) is 4.45. The molecule has 1 saturated heterocycles. The number of nitrogens with zero attached hydrogens (tertiary/aromatic N) is 2. The van der Waals surface area contributed by atoms with Crippen LogP contribution >= 0.6 is 0 Å². The van der Waals surface area contributed by atoms with Crippen molar-refractivity contribution in [2.45, 2.75) is 63.2 Å². The molecule has 5 heteroatoms. The average molecular weight is 278 g/mol. The van der Waals surface area contributed by atoms with Crippen molar-refractivity contribution in [1.29, 1.82) is 0 Å². The van der Waals surface area contributed by atoms with Gasteiger partial charge >= 0.3 is 0 Å². The molecular weight excluding hydrogens is 259 g/mol. The summed E-state index contributed by atoms with van der Waals surface area (Å²) in [6, 6.07) is -0.602. The Balaban J connectivity index is 1.76. The van der Waals surface area contributed by atoms with Gasteiger partial charge in [0.15, 0.2) is 5.84 Å². The maximum atomic E-state index is 14.3. The highest BCUT2D eigenvalue weighted by Crippen LogP contribution is 2.42. The van der Waals surface area contributed by atoms with E-state index >= 15 is 0 Å². The number of Topliss-reactive ketones (excluding diaryl/α,β-unsaturated/α-hetero) is 1. The summed E-state index contributed by atoms with van der Waals surface area (Å²) in [7, 11) is 0. The second kappa shape index (κ2) is 4.37. The number of fused-ring (bicyclic) bond motifs is 4. The van der Waals surface area contributed by atoms with E-state index in [1.54, 1.807) is 0 Å². The molecule has 5 unspecified atom stereocenters. The summed E-state index contributed by atoms with van der Waals surface area (Å²) in [6.07, 6.45) is 4.63. The zero-order valence-electron chi connectivity index (χ0n) is 11.4. The molecule has 0 bridgehead atoms. The van der Waals surface area contributed by atoms with Crippen molar-refractivity contribution >= 4 is 17.5 Å². The summed E-state index contributed by atoms with van der Waals surface area (Å²) in [4.78, 5) is 31.2. The molecule has 2 aliphatic heterocycles. The van der Waals surface area contributed by atoms with Crippen LogP contribution in [0, 0.1) is 11.8 Å². The summed E-state index contributed by atoms with van der Waals surface area (Å²) in [5.74, 6) is -0.313. The van der Waals surface area contributed by atoms with Gasteiger partial charge in [0.05, 0.1) is 18.0 Å². The number of halogens is 1. The number of amides is 1. The summed E-state index contributed by atoms with van der Waals surface area (Å²) in [5.41, 5.74) is 0. The minimum Gasteiger partial charge on any atom is -0.290 e. The van der Waals surface area contributed by atoms with Crippen LogP contribution in [0.3, 0.4) is 0 Å². The quantitative estimate of drug-likeness (QED) is 0.679. The zero-order valence-corrected chi connectivity index (χ0v) is 11.4. The number of amidine groups is 1. The molecule has 2 heterocycles. The first kappa shape index (κ1) is 12.5. The number of ketones is 1. The summed E-state index contributed by atoms with van der Waals surface area (Å²) < 4.78 is 14.3. The number of hydrogen-bond acceptors (Lipinski definition) is 3. The Morgan fingerprint density at radius 2 is 1.75 bits per heavy atom. The predicted octanol–water partition coefficient (Wildman–Crippen LogP) is 1.88. The molecule has 2 aliphatic carbocycles. The van der Waals surface area contributed by atoms with Crippen LogP contribution in [0.5, 0.6) is 0 Å². The largest absolute Gasteiger partial charge is 0.290 e. The van der Waals surface area contributed by atoms with E-state index in [4.69, 9.17) is 0 Å². The topological polar surface area (TPSA) is 49.7 Å². The number of hydrogen-bond donors (Lipinski definition) is 0. The van der Waals surface area contributed by atoms with Crippen LogP contribution in [0.4, 0.5) is 4.39 Å². The Morgan fingerprint density at radius 3 is 2.60 bits per heavy atom. The van der Waals surface area contributed by atoms with E-state index in [9.17, 15) is 14.0 Å². The molecule has 4 rings (SSSR count). The van der Waals surface area contributed by atoms with Crippen LogP contribution in [-0.2, 0) is 9.59 Å². The highest BCUT2D eigenvalue weighted by molar-refractivity contribution is 6.44. The molecule has 0 aromatic rings.